The number of ketones is 1. The number of hydrogen-bond donors (Lipinski definition) is 0. The summed E-state index contributed by atoms with van der Waals surface area (Å²) < 4.78 is 4.78. The molecule has 1 aliphatic rings. The van der Waals surface area contributed by atoms with E-state index in [1.54, 1.807) is 18.3 Å². The molecule has 22 heavy (non-hydrogen) atoms. The predicted molar refractivity (Wildman–Crippen MR) is 85.5 cm³/mol. The lowest BCUT2D eigenvalue weighted by Crippen LogP contribution is -2.04. The first-order chi connectivity index (χ1) is 10.6. The van der Waals surface area contributed by atoms with Crippen LogP contribution in [0.4, 0.5) is 0 Å². The second-order valence-electron chi connectivity index (χ2n) is 5.13. The molecule has 0 saturated carbocycles. The number of fused-ring (bicyclic) bond motifs is 1. The normalized spacial score (nSPS) is 13.3. The Labute approximate surface area is 128 Å². The average Bonchev–Trinajstić information content (AvgIpc) is 3.08. The van der Waals surface area contributed by atoms with Crippen LogP contribution in [0.25, 0.3) is 10.8 Å². The van der Waals surface area contributed by atoms with Crippen LogP contribution in [0.1, 0.15) is 32.7 Å². The van der Waals surface area contributed by atoms with Crippen molar-refractivity contribution in [2.75, 3.05) is 7.11 Å². The van der Waals surface area contributed by atoms with Gasteiger partial charge in [-0.3, -0.25) is 9.79 Å². The topological polar surface area (TPSA) is 55.7 Å². The summed E-state index contributed by atoms with van der Waals surface area (Å²) in [7, 11) is 1.36. The Balaban J connectivity index is 2.06. The van der Waals surface area contributed by atoms with Crippen LogP contribution in [-0.2, 0) is 4.74 Å². The van der Waals surface area contributed by atoms with E-state index in [-0.39, 0.29) is 11.8 Å². The first kappa shape index (κ1) is 14.2. The first-order valence-electron chi connectivity index (χ1n) is 7.01. The van der Waals surface area contributed by atoms with Gasteiger partial charge in [0.05, 0.1) is 12.7 Å². The molecule has 0 aromatic heterocycles. The van der Waals surface area contributed by atoms with E-state index in [2.05, 4.69) is 4.99 Å². The van der Waals surface area contributed by atoms with Crippen LogP contribution in [0, 0.1) is 6.92 Å². The molecule has 0 unspecified atom stereocenters. The minimum absolute atomic E-state index is 0.0784. The summed E-state index contributed by atoms with van der Waals surface area (Å²) in [5.74, 6) is -0.435. The molecule has 0 N–H and O–H groups in total. The minimum Gasteiger partial charge on any atom is -0.465 e. The number of aliphatic imine (C=N–C) groups is 1. The van der Waals surface area contributed by atoms with Crippen molar-refractivity contribution in [1.82, 2.24) is 0 Å². The van der Waals surface area contributed by atoms with Gasteiger partial charge in [-0.2, -0.15) is 0 Å². The third kappa shape index (κ3) is 2.33. The number of allylic oxidation sites excluding steroid dienone is 2. The first-order valence-corrected chi connectivity index (χ1v) is 7.01. The molecule has 3 rings (SSSR count). The molecule has 0 bridgehead atoms. The van der Waals surface area contributed by atoms with Gasteiger partial charge in [0.25, 0.3) is 0 Å². The van der Waals surface area contributed by atoms with Crippen molar-refractivity contribution in [3.05, 3.63) is 58.8 Å². The number of Topliss-reactive ketones (excluding diaryl/α,β-unsaturated/α-hetero) is 1. The fraction of sp³-hybridized carbons (Fsp3) is 0.167. The zero-order valence-electron chi connectivity index (χ0n) is 12.4. The Morgan fingerprint density at radius 3 is 2.68 bits per heavy atom. The third-order valence-electron chi connectivity index (χ3n) is 3.84. The average molecular weight is 293 g/mol. The maximum atomic E-state index is 12.3. The Kier molecular flexibility index (Phi) is 3.59. The van der Waals surface area contributed by atoms with Gasteiger partial charge < -0.3 is 4.74 Å². The predicted octanol–water partition coefficient (Wildman–Crippen LogP) is 3.48. The van der Waals surface area contributed by atoms with E-state index in [4.69, 9.17) is 4.74 Å². The van der Waals surface area contributed by atoms with Crippen molar-refractivity contribution < 1.29 is 14.3 Å². The summed E-state index contributed by atoms with van der Waals surface area (Å²) in [5, 5.41) is 1.85. The second-order valence-corrected chi connectivity index (χ2v) is 5.13. The fourth-order valence-corrected chi connectivity index (χ4v) is 2.62. The van der Waals surface area contributed by atoms with Gasteiger partial charge >= 0.3 is 5.97 Å². The highest BCUT2D eigenvalue weighted by molar-refractivity contribution is 6.12. The fourth-order valence-electron chi connectivity index (χ4n) is 2.62. The second kappa shape index (κ2) is 5.56. The molecular weight excluding hydrogens is 278 g/mol. The van der Waals surface area contributed by atoms with Crippen LogP contribution in [-0.4, -0.2) is 25.1 Å². The third-order valence-corrected chi connectivity index (χ3v) is 3.84. The van der Waals surface area contributed by atoms with E-state index in [1.807, 2.05) is 31.2 Å². The van der Waals surface area contributed by atoms with Gasteiger partial charge in [-0.25, -0.2) is 4.79 Å². The van der Waals surface area contributed by atoms with Gasteiger partial charge in [0.2, 0.25) is 5.78 Å². The van der Waals surface area contributed by atoms with Gasteiger partial charge in [0.1, 0.15) is 5.70 Å². The summed E-state index contributed by atoms with van der Waals surface area (Å²) in [6.45, 7) is 1.87. The summed E-state index contributed by atoms with van der Waals surface area (Å²) >= 11 is 0. The van der Waals surface area contributed by atoms with Crippen molar-refractivity contribution in [3.63, 3.8) is 0 Å². The van der Waals surface area contributed by atoms with Gasteiger partial charge in [0, 0.05) is 18.2 Å². The molecule has 0 radical (unpaired) electrons. The van der Waals surface area contributed by atoms with E-state index in [9.17, 15) is 9.59 Å². The zero-order valence-corrected chi connectivity index (χ0v) is 12.4. The lowest BCUT2D eigenvalue weighted by atomic mass is 9.97. The van der Waals surface area contributed by atoms with E-state index in [1.165, 1.54) is 7.11 Å². The van der Waals surface area contributed by atoms with Gasteiger partial charge in [-0.1, -0.05) is 18.2 Å². The SMILES string of the molecule is COC(=O)c1ccc2cc(C(=O)C3=CCC=N3)ccc2c1C. The summed E-state index contributed by atoms with van der Waals surface area (Å²) in [6.07, 6.45) is 4.25. The Hall–Kier alpha value is -2.75. The smallest absolute Gasteiger partial charge is 0.338 e. The number of ether oxygens (including phenoxy) is 1. The summed E-state index contributed by atoms with van der Waals surface area (Å²) in [6, 6.07) is 9.03. The van der Waals surface area contributed by atoms with Crippen LogP contribution in [0.2, 0.25) is 0 Å². The monoisotopic (exact) mass is 293 g/mol. The Bertz CT molecular complexity index is 847. The number of methoxy groups -OCH3 is 1. The van der Waals surface area contributed by atoms with Crippen LogP contribution in [0.3, 0.4) is 0 Å². The lowest BCUT2D eigenvalue weighted by Gasteiger charge is -2.09. The molecule has 1 heterocycles. The van der Waals surface area contributed by atoms with Crippen molar-refractivity contribution >= 4 is 28.7 Å². The number of rotatable bonds is 3. The van der Waals surface area contributed by atoms with E-state index in [0.717, 1.165) is 16.3 Å². The minimum atomic E-state index is -0.356. The van der Waals surface area contributed by atoms with Crippen LogP contribution < -0.4 is 0 Å². The van der Waals surface area contributed by atoms with E-state index >= 15 is 0 Å². The molecule has 2 aromatic carbocycles. The highest BCUT2D eigenvalue weighted by Gasteiger charge is 2.16. The van der Waals surface area contributed by atoms with Gasteiger partial charge in [0.15, 0.2) is 0 Å². The van der Waals surface area contributed by atoms with Crippen molar-refractivity contribution in [1.29, 1.82) is 0 Å². The van der Waals surface area contributed by atoms with Crippen LogP contribution >= 0.6 is 0 Å². The molecule has 1 aliphatic heterocycles. The molecule has 4 nitrogen and oxygen atoms in total. The molecule has 4 heteroatoms. The summed E-state index contributed by atoms with van der Waals surface area (Å²) in [5.41, 5.74) is 2.48. The maximum absolute atomic E-state index is 12.3. The number of carbonyl (C=O) groups excluding carboxylic acids is 2. The molecule has 0 spiro atoms. The quantitative estimate of drug-likeness (QED) is 0.643. The maximum Gasteiger partial charge on any atom is 0.338 e. The Morgan fingerprint density at radius 1 is 1.18 bits per heavy atom. The molecule has 2 aromatic rings. The number of benzene rings is 2. The van der Waals surface area contributed by atoms with Crippen LogP contribution in [0.15, 0.2) is 47.1 Å². The molecule has 0 saturated heterocycles. The van der Waals surface area contributed by atoms with Crippen molar-refractivity contribution in [2.24, 2.45) is 4.99 Å². The highest BCUT2D eigenvalue weighted by Crippen LogP contribution is 2.25. The number of esters is 1. The molecule has 0 aliphatic carbocycles. The molecule has 0 amide bonds. The lowest BCUT2D eigenvalue weighted by molar-refractivity contribution is 0.0600. The van der Waals surface area contributed by atoms with Gasteiger partial charge in [-0.15, -0.1) is 0 Å². The number of hydrogen-bond acceptors (Lipinski definition) is 4. The molecule has 110 valence electrons. The number of aryl methyl sites for hydroxylation is 1. The van der Waals surface area contributed by atoms with Gasteiger partial charge in [-0.05, 0) is 41.5 Å². The molecule has 0 fully saturated rings. The Morgan fingerprint density at radius 2 is 2.00 bits per heavy atom. The molecular formula is C18H15NO3. The van der Waals surface area contributed by atoms with E-state index < -0.39 is 0 Å². The molecule has 0 atom stereocenters. The van der Waals surface area contributed by atoms with Crippen LogP contribution in [0.5, 0.6) is 0 Å². The van der Waals surface area contributed by atoms with E-state index in [0.29, 0.717) is 23.2 Å². The zero-order chi connectivity index (χ0) is 15.7. The van der Waals surface area contributed by atoms with Crippen molar-refractivity contribution in [2.45, 2.75) is 13.3 Å². The van der Waals surface area contributed by atoms with Crippen molar-refractivity contribution in [3.8, 4) is 0 Å². The number of nitrogens with zero attached hydrogens (tertiary/aromatic N) is 1. The highest BCUT2D eigenvalue weighted by atomic mass is 16.5. The largest absolute Gasteiger partial charge is 0.465 e. The summed E-state index contributed by atoms with van der Waals surface area (Å²) in [4.78, 5) is 28.2. The standard InChI is InChI=1S/C18H15NO3/c1-11-14-7-6-13(17(20)16-4-3-9-19-16)10-12(14)5-8-15(11)18(21)22-2/h4-10H,3H2,1-2H3. The number of carbonyl (C=O) groups is 2.